The maximum atomic E-state index is 13.2. The first-order valence-corrected chi connectivity index (χ1v) is 9.24. The van der Waals surface area contributed by atoms with Crippen LogP contribution in [0.15, 0.2) is 17.0 Å². The fraction of sp³-hybridized carbons (Fsp3) is 0.412. The minimum atomic E-state index is -0.171. The molecule has 0 atom stereocenters. The third kappa shape index (κ3) is 3.16. The summed E-state index contributed by atoms with van der Waals surface area (Å²) in [5.41, 5.74) is 13.2. The summed E-state index contributed by atoms with van der Waals surface area (Å²) < 4.78 is 6.54. The highest BCUT2D eigenvalue weighted by molar-refractivity contribution is 6.05. The predicted octanol–water partition coefficient (Wildman–Crippen LogP) is -0.673. The molecule has 3 aromatic rings. The third-order valence-corrected chi connectivity index (χ3v) is 5.02. The molecule has 0 bridgehead atoms. The molecule has 29 heavy (non-hydrogen) atoms. The standard InChI is InChI=1S/C17H21N9O3/c1-2-26-14-10(17(28)25-5-3-24(4-6-25)12(27)7-18)8-20-9-11(14)21-16(26)13-15(19)23-29-22-13/h8-9H,2-7,18H2,1H3,(H2,19,23). The van der Waals surface area contributed by atoms with Crippen LogP contribution in [0.25, 0.3) is 22.6 Å². The van der Waals surface area contributed by atoms with Gasteiger partial charge in [-0.3, -0.25) is 14.6 Å². The van der Waals surface area contributed by atoms with E-state index < -0.39 is 0 Å². The van der Waals surface area contributed by atoms with Gasteiger partial charge in [-0.1, -0.05) is 0 Å². The van der Waals surface area contributed by atoms with Crippen molar-refractivity contribution < 1.29 is 14.2 Å². The first-order valence-electron chi connectivity index (χ1n) is 9.24. The van der Waals surface area contributed by atoms with Gasteiger partial charge in [0.05, 0.1) is 23.8 Å². The molecule has 0 spiro atoms. The Hall–Kier alpha value is -3.54. The lowest BCUT2D eigenvalue weighted by Gasteiger charge is -2.34. The number of nitrogen functional groups attached to an aromatic ring is 1. The van der Waals surface area contributed by atoms with E-state index in [0.717, 1.165) is 0 Å². The lowest BCUT2D eigenvalue weighted by molar-refractivity contribution is -0.131. The number of nitrogens with two attached hydrogens (primary N) is 2. The summed E-state index contributed by atoms with van der Waals surface area (Å²) in [6, 6.07) is 0. The molecule has 1 aliphatic heterocycles. The Labute approximate surface area is 165 Å². The van der Waals surface area contributed by atoms with Gasteiger partial charge in [0, 0.05) is 38.9 Å². The minimum Gasteiger partial charge on any atom is -0.379 e. The number of aromatic nitrogens is 5. The van der Waals surface area contributed by atoms with Gasteiger partial charge in [0.15, 0.2) is 17.3 Å². The molecule has 0 radical (unpaired) electrons. The second-order valence-corrected chi connectivity index (χ2v) is 6.61. The van der Waals surface area contributed by atoms with E-state index in [4.69, 9.17) is 16.1 Å². The molecule has 0 aliphatic carbocycles. The van der Waals surface area contributed by atoms with Gasteiger partial charge in [0.2, 0.25) is 5.91 Å². The van der Waals surface area contributed by atoms with E-state index in [-0.39, 0.29) is 24.2 Å². The second kappa shape index (κ2) is 7.47. The number of carbonyl (C=O) groups is 2. The molecule has 3 aromatic heterocycles. The zero-order valence-electron chi connectivity index (χ0n) is 15.9. The number of hydrogen-bond acceptors (Lipinski definition) is 9. The maximum absolute atomic E-state index is 13.2. The summed E-state index contributed by atoms with van der Waals surface area (Å²) in [5.74, 6) is 0.293. The van der Waals surface area contributed by atoms with E-state index in [1.807, 2.05) is 11.5 Å². The number of amides is 2. The minimum absolute atomic E-state index is 0.0321. The van der Waals surface area contributed by atoms with Crippen molar-refractivity contribution >= 4 is 28.7 Å². The first kappa shape index (κ1) is 18.8. The molecule has 152 valence electrons. The first-order chi connectivity index (χ1) is 14.0. The highest BCUT2D eigenvalue weighted by Crippen LogP contribution is 2.28. The van der Waals surface area contributed by atoms with Crippen LogP contribution in [0.5, 0.6) is 0 Å². The highest BCUT2D eigenvalue weighted by atomic mass is 16.6. The Kier molecular flexibility index (Phi) is 4.84. The number of hydrogen-bond donors (Lipinski definition) is 2. The van der Waals surface area contributed by atoms with Crippen LogP contribution in [0.4, 0.5) is 5.82 Å². The Balaban J connectivity index is 1.70. The number of fused-ring (bicyclic) bond motifs is 1. The van der Waals surface area contributed by atoms with Gasteiger partial charge < -0.3 is 25.8 Å². The van der Waals surface area contributed by atoms with Crippen LogP contribution in [0.2, 0.25) is 0 Å². The molecular formula is C17H21N9O3. The molecule has 4 N–H and O–H groups in total. The van der Waals surface area contributed by atoms with E-state index in [1.54, 1.807) is 16.0 Å². The number of nitrogens with zero attached hydrogens (tertiary/aromatic N) is 7. The maximum Gasteiger partial charge on any atom is 0.257 e. The predicted molar refractivity (Wildman–Crippen MR) is 102 cm³/mol. The van der Waals surface area contributed by atoms with Gasteiger partial charge in [-0.05, 0) is 17.2 Å². The summed E-state index contributed by atoms with van der Waals surface area (Å²) >= 11 is 0. The molecule has 0 saturated carbocycles. The van der Waals surface area contributed by atoms with Crippen molar-refractivity contribution in [2.75, 3.05) is 38.5 Å². The topological polar surface area (TPSA) is 162 Å². The summed E-state index contributed by atoms with van der Waals surface area (Å²) in [6.07, 6.45) is 3.12. The molecule has 1 fully saturated rings. The molecule has 2 amide bonds. The van der Waals surface area contributed by atoms with Crippen molar-refractivity contribution in [3.05, 3.63) is 18.0 Å². The van der Waals surface area contributed by atoms with Crippen molar-refractivity contribution in [2.45, 2.75) is 13.5 Å². The van der Waals surface area contributed by atoms with Crippen LogP contribution in [0, 0.1) is 0 Å². The van der Waals surface area contributed by atoms with Gasteiger partial charge in [-0.25, -0.2) is 9.61 Å². The van der Waals surface area contributed by atoms with E-state index in [2.05, 4.69) is 20.3 Å². The largest absolute Gasteiger partial charge is 0.379 e. The van der Waals surface area contributed by atoms with Gasteiger partial charge >= 0.3 is 0 Å². The van der Waals surface area contributed by atoms with Crippen molar-refractivity contribution in [1.82, 2.24) is 34.6 Å². The lowest BCUT2D eigenvalue weighted by atomic mass is 10.2. The van der Waals surface area contributed by atoms with Crippen LogP contribution in [0.1, 0.15) is 17.3 Å². The average molecular weight is 399 g/mol. The smallest absolute Gasteiger partial charge is 0.257 e. The molecule has 0 unspecified atom stereocenters. The molecule has 4 rings (SSSR count). The molecular weight excluding hydrogens is 378 g/mol. The van der Waals surface area contributed by atoms with E-state index in [1.165, 1.54) is 6.20 Å². The van der Waals surface area contributed by atoms with Crippen LogP contribution >= 0.6 is 0 Å². The molecule has 1 saturated heterocycles. The molecule has 1 aliphatic rings. The summed E-state index contributed by atoms with van der Waals surface area (Å²) in [4.78, 5) is 37.1. The van der Waals surface area contributed by atoms with Crippen molar-refractivity contribution in [3.8, 4) is 11.5 Å². The normalized spacial score (nSPS) is 14.6. The molecule has 0 aromatic carbocycles. The number of aryl methyl sites for hydroxylation is 1. The molecule has 12 nitrogen and oxygen atoms in total. The number of rotatable bonds is 4. The lowest BCUT2D eigenvalue weighted by Crippen LogP contribution is -2.52. The van der Waals surface area contributed by atoms with Crippen LogP contribution in [-0.4, -0.2) is 79.2 Å². The SMILES string of the molecule is CCn1c(-c2nonc2N)nc2cncc(C(=O)N3CCN(C(=O)CN)CC3)c21. The summed E-state index contributed by atoms with van der Waals surface area (Å²) in [5, 5.41) is 7.43. The summed E-state index contributed by atoms with van der Waals surface area (Å²) in [6.45, 7) is 4.18. The van der Waals surface area contributed by atoms with Gasteiger partial charge in [-0.15, -0.1) is 0 Å². The zero-order valence-corrected chi connectivity index (χ0v) is 15.9. The van der Waals surface area contributed by atoms with E-state index >= 15 is 0 Å². The van der Waals surface area contributed by atoms with Crippen LogP contribution in [-0.2, 0) is 11.3 Å². The Morgan fingerprint density at radius 3 is 2.48 bits per heavy atom. The molecule has 4 heterocycles. The monoisotopic (exact) mass is 399 g/mol. The van der Waals surface area contributed by atoms with Crippen LogP contribution < -0.4 is 11.5 Å². The quantitative estimate of drug-likeness (QED) is 0.579. The zero-order chi connectivity index (χ0) is 20.5. The van der Waals surface area contributed by atoms with Crippen molar-refractivity contribution in [3.63, 3.8) is 0 Å². The Bertz CT molecular complexity index is 1070. The Morgan fingerprint density at radius 2 is 1.86 bits per heavy atom. The number of imidazole rings is 1. The number of piperazine rings is 1. The van der Waals surface area contributed by atoms with Crippen LogP contribution in [0.3, 0.4) is 0 Å². The summed E-state index contributed by atoms with van der Waals surface area (Å²) in [7, 11) is 0. The number of anilines is 1. The average Bonchev–Trinajstić information content (AvgIpc) is 3.35. The fourth-order valence-electron chi connectivity index (χ4n) is 3.54. The van der Waals surface area contributed by atoms with Crippen molar-refractivity contribution in [1.29, 1.82) is 0 Å². The fourth-order valence-corrected chi connectivity index (χ4v) is 3.54. The second-order valence-electron chi connectivity index (χ2n) is 6.61. The van der Waals surface area contributed by atoms with Gasteiger partial charge in [0.1, 0.15) is 5.52 Å². The third-order valence-electron chi connectivity index (χ3n) is 5.02. The number of pyridine rings is 1. The highest BCUT2D eigenvalue weighted by Gasteiger charge is 2.28. The number of carbonyl (C=O) groups excluding carboxylic acids is 2. The molecule has 12 heteroatoms. The van der Waals surface area contributed by atoms with Gasteiger partial charge in [-0.2, -0.15) is 0 Å². The van der Waals surface area contributed by atoms with Gasteiger partial charge in [0.25, 0.3) is 5.91 Å². The Morgan fingerprint density at radius 1 is 1.14 bits per heavy atom. The van der Waals surface area contributed by atoms with Crippen molar-refractivity contribution in [2.24, 2.45) is 5.73 Å². The van der Waals surface area contributed by atoms with E-state index in [9.17, 15) is 9.59 Å². The van der Waals surface area contributed by atoms with E-state index in [0.29, 0.717) is 60.8 Å².